The highest BCUT2D eigenvalue weighted by atomic mass is 127. The van der Waals surface area contributed by atoms with E-state index in [0.29, 0.717) is 0 Å². The standard InChI is InChI=1S/C14H27N5.HI/c1-4-5-6-7-9-16-14(15-2)17-10-8-13-11-18-19(3)12-13;/h11-12H,4-10H2,1-3H3,(H2,15,16,17);1H. The number of guanidine groups is 1. The van der Waals surface area contributed by atoms with Crippen molar-refractivity contribution in [2.75, 3.05) is 20.1 Å². The molecular weight excluding hydrogens is 365 g/mol. The summed E-state index contributed by atoms with van der Waals surface area (Å²) >= 11 is 0. The van der Waals surface area contributed by atoms with Crippen molar-refractivity contribution in [2.45, 2.75) is 39.0 Å². The van der Waals surface area contributed by atoms with Crippen LogP contribution in [0, 0.1) is 0 Å². The van der Waals surface area contributed by atoms with E-state index in [9.17, 15) is 0 Å². The van der Waals surface area contributed by atoms with Gasteiger partial charge in [0.1, 0.15) is 0 Å². The van der Waals surface area contributed by atoms with Gasteiger partial charge in [-0.3, -0.25) is 9.67 Å². The lowest BCUT2D eigenvalue weighted by Gasteiger charge is -2.11. The molecule has 0 fully saturated rings. The van der Waals surface area contributed by atoms with Gasteiger partial charge in [0.05, 0.1) is 6.20 Å². The predicted molar refractivity (Wildman–Crippen MR) is 95.8 cm³/mol. The molecule has 0 aliphatic carbocycles. The van der Waals surface area contributed by atoms with Gasteiger partial charge in [0.15, 0.2) is 5.96 Å². The first-order chi connectivity index (χ1) is 9.26. The number of hydrogen-bond acceptors (Lipinski definition) is 2. The maximum atomic E-state index is 4.22. The molecule has 0 saturated heterocycles. The molecule has 1 aromatic rings. The highest BCUT2D eigenvalue weighted by Gasteiger charge is 1.99. The van der Waals surface area contributed by atoms with Crippen molar-refractivity contribution in [2.24, 2.45) is 12.0 Å². The number of aromatic nitrogens is 2. The van der Waals surface area contributed by atoms with Crippen LogP contribution < -0.4 is 10.6 Å². The van der Waals surface area contributed by atoms with Gasteiger partial charge in [-0.05, 0) is 18.4 Å². The molecule has 20 heavy (non-hydrogen) atoms. The fraction of sp³-hybridized carbons (Fsp3) is 0.714. The van der Waals surface area contributed by atoms with E-state index in [-0.39, 0.29) is 24.0 Å². The third kappa shape index (κ3) is 8.39. The summed E-state index contributed by atoms with van der Waals surface area (Å²) in [6, 6.07) is 0. The zero-order valence-electron chi connectivity index (χ0n) is 12.9. The molecule has 1 rings (SSSR count). The number of aryl methyl sites for hydroxylation is 1. The fourth-order valence-corrected chi connectivity index (χ4v) is 1.91. The SMILES string of the molecule is CCCCCCNC(=NC)NCCc1cnn(C)c1.I. The Balaban J connectivity index is 0.00000361. The number of rotatable bonds is 8. The Hall–Kier alpha value is -0.790. The highest BCUT2D eigenvalue weighted by molar-refractivity contribution is 14.0. The Kier molecular flexibility index (Phi) is 11.5. The minimum atomic E-state index is 0. The summed E-state index contributed by atoms with van der Waals surface area (Å²) in [5.41, 5.74) is 1.24. The van der Waals surface area contributed by atoms with E-state index in [0.717, 1.165) is 25.5 Å². The summed E-state index contributed by atoms with van der Waals surface area (Å²) in [4.78, 5) is 4.22. The molecule has 2 N–H and O–H groups in total. The normalized spacial score (nSPS) is 11.1. The quantitative estimate of drug-likeness (QED) is 0.309. The zero-order valence-corrected chi connectivity index (χ0v) is 15.2. The third-order valence-electron chi connectivity index (χ3n) is 3.01. The lowest BCUT2D eigenvalue weighted by molar-refractivity contribution is 0.647. The predicted octanol–water partition coefficient (Wildman–Crippen LogP) is 2.33. The molecule has 0 aliphatic heterocycles. The molecule has 1 heterocycles. The third-order valence-corrected chi connectivity index (χ3v) is 3.01. The largest absolute Gasteiger partial charge is 0.356 e. The van der Waals surface area contributed by atoms with E-state index < -0.39 is 0 Å². The van der Waals surface area contributed by atoms with Crippen LogP contribution >= 0.6 is 24.0 Å². The van der Waals surface area contributed by atoms with Gasteiger partial charge in [0.2, 0.25) is 0 Å². The Morgan fingerprint density at radius 2 is 2.00 bits per heavy atom. The first-order valence-electron chi connectivity index (χ1n) is 7.18. The Bertz CT molecular complexity index is 375. The minimum Gasteiger partial charge on any atom is -0.356 e. The van der Waals surface area contributed by atoms with Gasteiger partial charge in [0.25, 0.3) is 0 Å². The number of unbranched alkanes of at least 4 members (excludes halogenated alkanes) is 3. The molecule has 0 spiro atoms. The molecule has 0 saturated carbocycles. The summed E-state index contributed by atoms with van der Waals surface area (Å²) in [5.74, 6) is 0.889. The van der Waals surface area contributed by atoms with E-state index in [1.165, 1.54) is 31.2 Å². The molecular formula is C14H28IN5. The molecule has 116 valence electrons. The fourth-order valence-electron chi connectivity index (χ4n) is 1.91. The van der Waals surface area contributed by atoms with Crippen molar-refractivity contribution < 1.29 is 0 Å². The van der Waals surface area contributed by atoms with Crippen LogP contribution in [0.3, 0.4) is 0 Å². The first kappa shape index (κ1) is 19.2. The molecule has 5 nitrogen and oxygen atoms in total. The topological polar surface area (TPSA) is 54.2 Å². The van der Waals surface area contributed by atoms with E-state index in [2.05, 4.69) is 27.6 Å². The van der Waals surface area contributed by atoms with Crippen molar-refractivity contribution >= 4 is 29.9 Å². The number of nitrogens with zero attached hydrogens (tertiary/aromatic N) is 3. The van der Waals surface area contributed by atoms with E-state index in [1.807, 2.05) is 31.2 Å². The lowest BCUT2D eigenvalue weighted by Crippen LogP contribution is -2.38. The molecule has 0 atom stereocenters. The van der Waals surface area contributed by atoms with Crippen molar-refractivity contribution in [3.05, 3.63) is 18.0 Å². The summed E-state index contributed by atoms with van der Waals surface area (Å²) in [6.45, 7) is 4.10. The van der Waals surface area contributed by atoms with Crippen LogP contribution in [0.5, 0.6) is 0 Å². The van der Waals surface area contributed by atoms with E-state index >= 15 is 0 Å². The van der Waals surface area contributed by atoms with Gasteiger partial charge >= 0.3 is 0 Å². The van der Waals surface area contributed by atoms with Crippen LogP contribution in [-0.2, 0) is 13.5 Å². The van der Waals surface area contributed by atoms with Gasteiger partial charge < -0.3 is 10.6 Å². The molecule has 1 aromatic heterocycles. The second-order valence-corrected chi connectivity index (χ2v) is 4.76. The summed E-state index contributed by atoms with van der Waals surface area (Å²) < 4.78 is 1.83. The van der Waals surface area contributed by atoms with E-state index in [4.69, 9.17) is 0 Å². The van der Waals surface area contributed by atoms with Crippen molar-refractivity contribution in [1.29, 1.82) is 0 Å². The molecule has 0 aromatic carbocycles. The highest BCUT2D eigenvalue weighted by Crippen LogP contribution is 1.97. The van der Waals surface area contributed by atoms with Gasteiger partial charge in [-0.2, -0.15) is 5.10 Å². The van der Waals surface area contributed by atoms with Crippen molar-refractivity contribution in [3.63, 3.8) is 0 Å². The zero-order chi connectivity index (χ0) is 13.9. The number of halogens is 1. The lowest BCUT2D eigenvalue weighted by atomic mass is 10.2. The van der Waals surface area contributed by atoms with Crippen LogP contribution in [0.25, 0.3) is 0 Å². The molecule has 0 aliphatic rings. The molecule has 0 bridgehead atoms. The van der Waals surface area contributed by atoms with Gasteiger partial charge in [-0.15, -0.1) is 24.0 Å². The maximum Gasteiger partial charge on any atom is 0.190 e. The molecule has 0 amide bonds. The minimum absolute atomic E-state index is 0. The second kappa shape index (κ2) is 12.0. The van der Waals surface area contributed by atoms with Gasteiger partial charge in [0, 0.05) is 33.4 Å². The average Bonchev–Trinajstić information content (AvgIpc) is 2.82. The maximum absolute atomic E-state index is 4.22. The summed E-state index contributed by atoms with van der Waals surface area (Å²) in [5, 5.41) is 10.8. The van der Waals surface area contributed by atoms with Crippen LogP contribution in [0.1, 0.15) is 38.2 Å². The summed E-state index contributed by atoms with van der Waals surface area (Å²) in [7, 11) is 3.75. The summed E-state index contributed by atoms with van der Waals surface area (Å²) in [6.07, 6.45) is 10.00. The van der Waals surface area contributed by atoms with Crippen LogP contribution in [0.4, 0.5) is 0 Å². The molecule has 0 unspecified atom stereocenters. The monoisotopic (exact) mass is 393 g/mol. The molecule has 0 radical (unpaired) electrons. The van der Waals surface area contributed by atoms with E-state index in [1.54, 1.807) is 0 Å². The van der Waals surface area contributed by atoms with Gasteiger partial charge in [-0.25, -0.2) is 0 Å². The van der Waals surface area contributed by atoms with Crippen LogP contribution in [0.15, 0.2) is 17.4 Å². The van der Waals surface area contributed by atoms with Crippen molar-refractivity contribution in [3.8, 4) is 0 Å². The van der Waals surface area contributed by atoms with Crippen molar-refractivity contribution in [1.82, 2.24) is 20.4 Å². The Labute approximate surface area is 139 Å². The average molecular weight is 393 g/mol. The number of hydrogen-bond donors (Lipinski definition) is 2. The van der Waals surface area contributed by atoms with Gasteiger partial charge in [-0.1, -0.05) is 26.2 Å². The number of nitrogens with one attached hydrogen (secondary N) is 2. The number of aliphatic imine (C=N–C) groups is 1. The van der Waals surface area contributed by atoms with Crippen LogP contribution in [0.2, 0.25) is 0 Å². The second-order valence-electron chi connectivity index (χ2n) is 4.76. The Morgan fingerprint density at radius 3 is 2.60 bits per heavy atom. The smallest absolute Gasteiger partial charge is 0.190 e. The molecule has 6 heteroatoms. The first-order valence-corrected chi connectivity index (χ1v) is 7.18. The van der Waals surface area contributed by atoms with Crippen LogP contribution in [-0.4, -0.2) is 35.9 Å². The Morgan fingerprint density at radius 1 is 1.25 bits per heavy atom.